The highest BCUT2D eigenvalue weighted by Gasteiger charge is 2.10. The van der Waals surface area contributed by atoms with Crippen LogP contribution in [0.4, 0.5) is 8.78 Å². The molecule has 4 heteroatoms. The van der Waals surface area contributed by atoms with Gasteiger partial charge in [-0.15, -0.1) is 0 Å². The second-order valence-electron chi connectivity index (χ2n) is 5.89. The van der Waals surface area contributed by atoms with Gasteiger partial charge in [0.15, 0.2) is 11.6 Å². The summed E-state index contributed by atoms with van der Waals surface area (Å²) in [5.74, 6) is -0.523. The molecule has 1 atom stereocenters. The first kappa shape index (κ1) is 17.4. The first-order chi connectivity index (χ1) is 9.40. The van der Waals surface area contributed by atoms with Gasteiger partial charge in [-0.2, -0.15) is 0 Å². The molecular weight excluding hydrogens is 280 g/mol. The second-order valence-corrected chi connectivity index (χ2v) is 6.30. The SMILES string of the molecule is CC(C)CNCCC(C)CCc1cc(F)c(F)cc1Cl. The van der Waals surface area contributed by atoms with Gasteiger partial charge in [-0.25, -0.2) is 8.78 Å². The average molecular weight is 304 g/mol. The number of aryl methyl sites for hydroxylation is 1. The molecule has 0 saturated heterocycles. The Labute approximate surface area is 125 Å². The van der Waals surface area contributed by atoms with Crippen LogP contribution in [0.25, 0.3) is 0 Å². The quantitative estimate of drug-likeness (QED) is 0.536. The van der Waals surface area contributed by atoms with E-state index in [0.717, 1.165) is 32.0 Å². The van der Waals surface area contributed by atoms with E-state index in [9.17, 15) is 8.78 Å². The van der Waals surface area contributed by atoms with Gasteiger partial charge in [0.1, 0.15) is 0 Å². The molecule has 0 bridgehead atoms. The second kappa shape index (κ2) is 8.58. The van der Waals surface area contributed by atoms with Crippen LogP contribution in [-0.4, -0.2) is 13.1 Å². The van der Waals surface area contributed by atoms with E-state index in [-0.39, 0.29) is 0 Å². The van der Waals surface area contributed by atoms with E-state index in [1.54, 1.807) is 0 Å². The van der Waals surface area contributed by atoms with Crippen LogP contribution in [0.1, 0.15) is 39.2 Å². The Kier molecular flexibility index (Phi) is 7.46. The molecule has 1 N–H and O–H groups in total. The highest BCUT2D eigenvalue weighted by molar-refractivity contribution is 6.31. The first-order valence-corrected chi connectivity index (χ1v) is 7.62. The van der Waals surface area contributed by atoms with Crippen molar-refractivity contribution in [1.29, 1.82) is 0 Å². The van der Waals surface area contributed by atoms with E-state index in [4.69, 9.17) is 11.6 Å². The monoisotopic (exact) mass is 303 g/mol. The molecule has 1 unspecified atom stereocenters. The number of nitrogens with one attached hydrogen (secondary N) is 1. The smallest absolute Gasteiger partial charge is 0.160 e. The van der Waals surface area contributed by atoms with Crippen molar-refractivity contribution < 1.29 is 8.78 Å². The van der Waals surface area contributed by atoms with E-state index in [2.05, 4.69) is 26.1 Å². The Hall–Kier alpha value is -0.670. The predicted molar refractivity (Wildman–Crippen MR) is 81.2 cm³/mol. The maximum atomic E-state index is 13.2. The summed E-state index contributed by atoms with van der Waals surface area (Å²) in [6.45, 7) is 8.56. The van der Waals surface area contributed by atoms with Crippen molar-refractivity contribution in [3.8, 4) is 0 Å². The summed E-state index contributed by atoms with van der Waals surface area (Å²) in [5.41, 5.74) is 0.688. The number of hydrogen-bond donors (Lipinski definition) is 1. The zero-order valence-corrected chi connectivity index (χ0v) is 13.2. The molecule has 1 aromatic rings. The lowest BCUT2D eigenvalue weighted by atomic mass is 9.98. The molecule has 20 heavy (non-hydrogen) atoms. The minimum atomic E-state index is -0.885. The molecule has 0 radical (unpaired) electrons. The van der Waals surface area contributed by atoms with Crippen molar-refractivity contribution >= 4 is 11.6 Å². The number of halogens is 3. The van der Waals surface area contributed by atoms with E-state index >= 15 is 0 Å². The summed E-state index contributed by atoms with van der Waals surface area (Å²) < 4.78 is 26.1. The Morgan fingerprint density at radius 2 is 1.75 bits per heavy atom. The number of benzene rings is 1. The molecule has 0 aliphatic heterocycles. The van der Waals surface area contributed by atoms with Crippen molar-refractivity contribution in [2.24, 2.45) is 11.8 Å². The summed E-state index contributed by atoms with van der Waals surface area (Å²) in [5, 5.41) is 3.72. The van der Waals surface area contributed by atoms with Crippen LogP contribution < -0.4 is 5.32 Å². The van der Waals surface area contributed by atoms with E-state index in [1.165, 1.54) is 6.07 Å². The van der Waals surface area contributed by atoms with Gasteiger partial charge < -0.3 is 5.32 Å². The van der Waals surface area contributed by atoms with Crippen molar-refractivity contribution in [3.05, 3.63) is 34.4 Å². The van der Waals surface area contributed by atoms with E-state index in [1.807, 2.05) is 0 Å². The third-order valence-corrected chi connectivity index (χ3v) is 3.71. The fourth-order valence-electron chi connectivity index (χ4n) is 2.04. The van der Waals surface area contributed by atoms with Crippen molar-refractivity contribution in [2.75, 3.05) is 13.1 Å². The maximum absolute atomic E-state index is 13.2. The molecule has 1 rings (SSSR count). The molecule has 0 saturated carbocycles. The third-order valence-electron chi connectivity index (χ3n) is 3.36. The normalized spacial score (nSPS) is 12.9. The van der Waals surface area contributed by atoms with Gasteiger partial charge in [0.25, 0.3) is 0 Å². The predicted octanol–water partition coefficient (Wildman–Crippen LogP) is 4.82. The number of hydrogen-bond acceptors (Lipinski definition) is 1. The summed E-state index contributed by atoms with van der Waals surface area (Å²) >= 11 is 5.93. The van der Waals surface area contributed by atoms with Crippen LogP contribution in [0.5, 0.6) is 0 Å². The molecule has 114 valence electrons. The Bertz CT molecular complexity index is 421. The number of rotatable bonds is 8. The summed E-state index contributed by atoms with van der Waals surface area (Å²) in [6.07, 6.45) is 2.68. The average Bonchev–Trinajstić information content (AvgIpc) is 2.37. The van der Waals surface area contributed by atoms with Gasteiger partial charge in [-0.05, 0) is 61.9 Å². The molecule has 0 aliphatic rings. The van der Waals surface area contributed by atoms with Crippen LogP contribution in [0.3, 0.4) is 0 Å². The van der Waals surface area contributed by atoms with Crippen LogP contribution in [-0.2, 0) is 6.42 Å². The largest absolute Gasteiger partial charge is 0.316 e. The standard InChI is InChI=1S/C16H24ClF2N/c1-11(2)10-20-7-6-12(3)4-5-13-8-15(18)16(19)9-14(13)17/h8-9,11-12,20H,4-7,10H2,1-3H3. The van der Waals surface area contributed by atoms with Crippen molar-refractivity contribution in [3.63, 3.8) is 0 Å². The topological polar surface area (TPSA) is 12.0 Å². The lowest BCUT2D eigenvalue weighted by Crippen LogP contribution is -2.22. The molecule has 0 spiro atoms. The van der Waals surface area contributed by atoms with E-state index in [0.29, 0.717) is 28.8 Å². The van der Waals surface area contributed by atoms with E-state index < -0.39 is 11.6 Å². The van der Waals surface area contributed by atoms with Crippen LogP contribution in [0.2, 0.25) is 5.02 Å². The summed E-state index contributed by atoms with van der Waals surface area (Å²) in [7, 11) is 0. The fraction of sp³-hybridized carbons (Fsp3) is 0.625. The Morgan fingerprint density at radius 1 is 1.10 bits per heavy atom. The van der Waals surface area contributed by atoms with Crippen LogP contribution >= 0.6 is 11.6 Å². The molecule has 0 amide bonds. The Balaban J connectivity index is 2.34. The summed E-state index contributed by atoms with van der Waals surface area (Å²) in [6, 6.07) is 2.27. The zero-order valence-electron chi connectivity index (χ0n) is 12.5. The lowest BCUT2D eigenvalue weighted by molar-refractivity contribution is 0.452. The fourth-order valence-corrected chi connectivity index (χ4v) is 2.29. The van der Waals surface area contributed by atoms with Gasteiger partial charge >= 0.3 is 0 Å². The molecule has 0 fully saturated rings. The molecule has 0 aliphatic carbocycles. The lowest BCUT2D eigenvalue weighted by Gasteiger charge is -2.13. The minimum absolute atomic E-state index is 0.314. The van der Waals surface area contributed by atoms with Gasteiger partial charge in [-0.1, -0.05) is 32.4 Å². The third kappa shape index (κ3) is 6.19. The maximum Gasteiger partial charge on any atom is 0.160 e. The van der Waals surface area contributed by atoms with Gasteiger partial charge in [0, 0.05) is 5.02 Å². The molecule has 1 aromatic carbocycles. The molecule has 0 heterocycles. The van der Waals surface area contributed by atoms with Crippen molar-refractivity contribution in [1.82, 2.24) is 5.32 Å². The Morgan fingerprint density at radius 3 is 2.40 bits per heavy atom. The van der Waals surface area contributed by atoms with Gasteiger partial charge in [-0.3, -0.25) is 0 Å². The van der Waals surface area contributed by atoms with Crippen LogP contribution in [0, 0.1) is 23.5 Å². The molecule has 1 nitrogen and oxygen atoms in total. The van der Waals surface area contributed by atoms with Crippen molar-refractivity contribution in [2.45, 2.75) is 40.0 Å². The zero-order chi connectivity index (χ0) is 15.1. The molecular formula is C16H24ClF2N. The summed E-state index contributed by atoms with van der Waals surface area (Å²) in [4.78, 5) is 0. The van der Waals surface area contributed by atoms with Crippen LogP contribution in [0.15, 0.2) is 12.1 Å². The highest BCUT2D eigenvalue weighted by atomic mass is 35.5. The molecule has 0 aromatic heterocycles. The highest BCUT2D eigenvalue weighted by Crippen LogP contribution is 2.23. The van der Waals surface area contributed by atoms with Gasteiger partial charge in [0.05, 0.1) is 0 Å². The first-order valence-electron chi connectivity index (χ1n) is 7.24. The minimum Gasteiger partial charge on any atom is -0.316 e. The van der Waals surface area contributed by atoms with Gasteiger partial charge in [0.2, 0.25) is 0 Å².